The maximum Gasteiger partial charge on any atom is 0.212 e. The van der Waals surface area contributed by atoms with Crippen LogP contribution in [-0.4, -0.2) is 21.1 Å². The lowest BCUT2D eigenvalue weighted by Crippen LogP contribution is -1.92. The Kier molecular flexibility index (Phi) is 4.92. The molecule has 0 aliphatic heterocycles. The van der Waals surface area contributed by atoms with Crippen molar-refractivity contribution in [3.63, 3.8) is 0 Å². The lowest BCUT2D eigenvalue weighted by atomic mass is 10.2. The number of aromatic nitrogens is 3. The van der Waals surface area contributed by atoms with Crippen molar-refractivity contribution < 1.29 is 0 Å². The number of hydrogen-bond acceptors (Lipinski definition) is 5. The van der Waals surface area contributed by atoms with Crippen LogP contribution in [-0.2, 0) is 5.75 Å². The highest BCUT2D eigenvalue weighted by molar-refractivity contribution is 7.98. The third-order valence-corrected chi connectivity index (χ3v) is 5.32. The predicted molar refractivity (Wildman–Crippen MR) is 93.1 cm³/mol. The molecular weight excluding hydrogens is 336 g/mol. The Morgan fingerprint density at radius 2 is 2.23 bits per heavy atom. The summed E-state index contributed by atoms with van der Waals surface area (Å²) in [5.74, 6) is 0.728. The van der Waals surface area contributed by atoms with Gasteiger partial charge in [-0.05, 0) is 35.6 Å². The highest BCUT2D eigenvalue weighted by atomic mass is 35.5. The Hall–Kier alpha value is -1.63. The molecule has 0 amide bonds. The van der Waals surface area contributed by atoms with E-state index in [4.69, 9.17) is 11.6 Å². The topological polar surface area (TPSA) is 43.1 Å². The normalized spacial score (nSPS) is 11.4. The van der Waals surface area contributed by atoms with Gasteiger partial charge < -0.3 is 0 Å². The summed E-state index contributed by atoms with van der Waals surface area (Å²) in [6.45, 7) is 2.07. The minimum Gasteiger partial charge on any atom is -0.195 e. The zero-order valence-corrected chi connectivity index (χ0v) is 14.2. The first kappa shape index (κ1) is 15.3. The molecule has 112 valence electrons. The molecule has 7 heteroatoms. The van der Waals surface area contributed by atoms with E-state index in [1.807, 2.05) is 30.5 Å². The first-order valence-electron chi connectivity index (χ1n) is 6.59. The first-order valence-corrected chi connectivity index (χ1v) is 8.83. The molecule has 4 nitrogen and oxygen atoms in total. The fourth-order valence-electron chi connectivity index (χ4n) is 1.78. The second-order valence-electron chi connectivity index (χ2n) is 4.55. The molecule has 22 heavy (non-hydrogen) atoms. The van der Waals surface area contributed by atoms with Crippen LogP contribution in [0.5, 0.6) is 0 Å². The standard InChI is InChI=1S/C15H13ClN4S2/c1-11-6-7-21-14(11)8-18-20-10-17-19-15(20)22-9-12-4-2-3-5-13(12)16/h2-8,10H,9H2,1H3/b18-8+. The van der Waals surface area contributed by atoms with Gasteiger partial charge in [-0.1, -0.05) is 41.6 Å². The molecule has 0 bridgehead atoms. The third-order valence-electron chi connectivity index (χ3n) is 3.02. The van der Waals surface area contributed by atoms with Crippen LogP contribution in [0.2, 0.25) is 5.02 Å². The van der Waals surface area contributed by atoms with Gasteiger partial charge in [0.15, 0.2) is 0 Å². The molecule has 0 aliphatic rings. The molecule has 1 aromatic carbocycles. The van der Waals surface area contributed by atoms with E-state index in [1.165, 1.54) is 5.56 Å². The van der Waals surface area contributed by atoms with E-state index in [-0.39, 0.29) is 0 Å². The van der Waals surface area contributed by atoms with Gasteiger partial charge >= 0.3 is 0 Å². The van der Waals surface area contributed by atoms with Gasteiger partial charge in [0.2, 0.25) is 5.16 Å². The molecule has 0 saturated carbocycles. The summed E-state index contributed by atoms with van der Waals surface area (Å²) in [6.07, 6.45) is 3.44. The van der Waals surface area contributed by atoms with Crippen molar-refractivity contribution in [3.05, 3.63) is 63.1 Å². The van der Waals surface area contributed by atoms with Crippen LogP contribution < -0.4 is 0 Å². The predicted octanol–water partition coefficient (Wildman–Crippen LogP) is 4.48. The lowest BCUT2D eigenvalue weighted by molar-refractivity contribution is 0.767. The Morgan fingerprint density at radius 3 is 3.00 bits per heavy atom. The third kappa shape index (κ3) is 3.58. The molecule has 0 saturated heterocycles. The Labute approximate surface area is 141 Å². The van der Waals surface area contributed by atoms with Gasteiger partial charge in [-0.15, -0.1) is 21.5 Å². The van der Waals surface area contributed by atoms with Gasteiger partial charge in [-0.2, -0.15) is 9.78 Å². The highest BCUT2D eigenvalue weighted by Gasteiger charge is 2.06. The zero-order valence-electron chi connectivity index (χ0n) is 11.8. The van der Waals surface area contributed by atoms with Crippen LogP contribution in [0, 0.1) is 6.92 Å². The number of thioether (sulfide) groups is 1. The number of aryl methyl sites for hydroxylation is 1. The van der Waals surface area contributed by atoms with E-state index in [9.17, 15) is 0 Å². The molecule has 0 aliphatic carbocycles. The van der Waals surface area contributed by atoms with Crippen LogP contribution in [0.25, 0.3) is 0 Å². The van der Waals surface area contributed by atoms with E-state index in [1.54, 1.807) is 34.1 Å². The number of benzene rings is 1. The monoisotopic (exact) mass is 348 g/mol. The molecule has 3 aromatic rings. The summed E-state index contributed by atoms with van der Waals surface area (Å²) in [5, 5.41) is 16.0. The fourth-order valence-corrected chi connectivity index (χ4v) is 3.71. The van der Waals surface area contributed by atoms with Gasteiger partial charge in [0.1, 0.15) is 6.33 Å². The summed E-state index contributed by atoms with van der Waals surface area (Å²) in [7, 11) is 0. The van der Waals surface area contributed by atoms with Crippen molar-refractivity contribution in [2.75, 3.05) is 0 Å². The molecule has 0 fully saturated rings. The molecule has 2 heterocycles. The largest absolute Gasteiger partial charge is 0.212 e. The number of halogens is 1. The minimum absolute atomic E-state index is 0.728. The average molecular weight is 349 g/mol. The molecule has 3 rings (SSSR count). The molecule has 0 N–H and O–H groups in total. The summed E-state index contributed by atoms with van der Waals surface area (Å²) in [5.41, 5.74) is 2.29. The number of hydrogen-bond donors (Lipinski definition) is 0. The summed E-state index contributed by atoms with van der Waals surface area (Å²) < 4.78 is 1.68. The molecular formula is C15H13ClN4S2. The fraction of sp³-hybridized carbons (Fsp3) is 0.133. The average Bonchev–Trinajstić information content (AvgIpc) is 3.13. The van der Waals surface area contributed by atoms with Crippen LogP contribution in [0.3, 0.4) is 0 Å². The Bertz CT molecular complexity index is 794. The van der Waals surface area contributed by atoms with Crippen LogP contribution in [0.15, 0.2) is 52.3 Å². The van der Waals surface area contributed by atoms with E-state index in [0.29, 0.717) is 0 Å². The van der Waals surface area contributed by atoms with E-state index in [2.05, 4.69) is 33.7 Å². The smallest absolute Gasteiger partial charge is 0.195 e. The van der Waals surface area contributed by atoms with Crippen LogP contribution >= 0.6 is 34.7 Å². The number of rotatable bonds is 5. The van der Waals surface area contributed by atoms with Gasteiger partial charge in [-0.3, -0.25) is 0 Å². The van der Waals surface area contributed by atoms with Crippen molar-refractivity contribution >= 4 is 40.9 Å². The molecule has 0 unspecified atom stereocenters. The van der Waals surface area contributed by atoms with Crippen molar-refractivity contribution in [2.45, 2.75) is 17.8 Å². The SMILES string of the molecule is Cc1ccsc1/C=N/n1cnnc1SCc1ccccc1Cl. The van der Waals surface area contributed by atoms with Gasteiger partial charge in [0.25, 0.3) is 0 Å². The zero-order chi connectivity index (χ0) is 15.4. The van der Waals surface area contributed by atoms with Crippen molar-refractivity contribution in [3.8, 4) is 0 Å². The van der Waals surface area contributed by atoms with E-state index >= 15 is 0 Å². The van der Waals surface area contributed by atoms with Crippen molar-refractivity contribution in [1.29, 1.82) is 0 Å². The summed E-state index contributed by atoms with van der Waals surface area (Å²) in [6, 6.07) is 9.87. The van der Waals surface area contributed by atoms with Crippen molar-refractivity contribution in [1.82, 2.24) is 14.9 Å². The Balaban J connectivity index is 1.71. The first-order chi connectivity index (χ1) is 10.7. The molecule has 0 radical (unpaired) electrons. The summed E-state index contributed by atoms with van der Waals surface area (Å²) >= 11 is 9.38. The van der Waals surface area contributed by atoms with Gasteiger partial charge in [0.05, 0.1) is 11.1 Å². The Morgan fingerprint density at radius 1 is 1.36 bits per heavy atom. The minimum atomic E-state index is 0.728. The number of nitrogens with zero attached hydrogens (tertiary/aromatic N) is 4. The van der Waals surface area contributed by atoms with Gasteiger partial charge in [-0.25, -0.2) is 0 Å². The second-order valence-corrected chi connectivity index (χ2v) is 6.85. The summed E-state index contributed by atoms with van der Waals surface area (Å²) in [4.78, 5) is 1.13. The van der Waals surface area contributed by atoms with E-state index in [0.717, 1.165) is 26.4 Å². The second kappa shape index (κ2) is 7.09. The van der Waals surface area contributed by atoms with Crippen LogP contribution in [0.1, 0.15) is 16.0 Å². The maximum absolute atomic E-state index is 6.17. The molecule has 2 aromatic heterocycles. The molecule has 0 spiro atoms. The van der Waals surface area contributed by atoms with Gasteiger partial charge in [0, 0.05) is 10.8 Å². The quantitative estimate of drug-likeness (QED) is 0.504. The van der Waals surface area contributed by atoms with Crippen molar-refractivity contribution in [2.24, 2.45) is 5.10 Å². The molecule has 0 atom stereocenters. The van der Waals surface area contributed by atoms with E-state index < -0.39 is 0 Å². The number of thiophene rings is 1. The van der Waals surface area contributed by atoms with Crippen LogP contribution in [0.4, 0.5) is 0 Å². The maximum atomic E-state index is 6.17. The highest BCUT2D eigenvalue weighted by Crippen LogP contribution is 2.25. The lowest BCUT2D eigenvalue weighted by Gasteiger charge is -2.03.